The van der Waals surface area contributed by atoms with Crippen molar-refractivity contribution in [2.45, 2.75) is 19.8 Å². The number of aromatic nitrogens is 3. The number of anilines is 1. The van der Waals surface area contributed by atoms with Crippen molar-refractivity contribution < 1.29 is 9.32 Å². The van der Waals surface area contributed by atoms with E-state index in [0.29, 0.717) is 18.1 Å². The molecule has 0 aliphatic heterocycles. The molecule has 2 N–H and O–H groups in total. The molecule has 0 saturated heterocycles. The number of pyridine rings is 1. The van der Waals surface area contributed by atoms with Crippen LogP contribution in [0.25, 0.3) is 11.3 Å². The third-order valence-electron chi connectivity index (χ3n) is 3.25. The van der Waals surface area contributed by atoms with Gasteiger partial charge in [0.15, 0.2) is 5.82 Å². The number of urea groups is 1. The number of carbonyl (C=O) groups excluding carboxylic acids is 1. The predicted molar refractivity (Wildman–Crippen MR) is 91.9 cm³/mol. The Morgan fingerprint density at radius 3 is 2.92 bits per heavy atom. The Balaban J connectivity index is 1.40. The van der Waals surface area contributed by atoms with Gasteiger partial charge in [-0.15, -0.1) is 11.3 Å². The van der Waals surface area contributed by atoms with Gasteiger partial charge in [0.25, 0.3) is 0 Å². The number of nitrogens with zero attached hydrogens (tertiary/aromatic N) is 3. The highest BCUT2D eigenvalue weighted by atomic mass is 32.1. The Kier molecular flexibility index (Phi) is 5.17. The van der Waals surface area contributed by atoms with Gasteiger partial charge in [-0.25, -0.2) is 9.78 Å². The number of hydrogen-bond donors (Lipinski definition) is 2. The molecule has 0 bridgehead atoms. The third-order valence-corrected chi connectivity index (χ3v) is 4.16. The molecule has 24 heavy (non-hydrogen) atoms. The number of nitrogens with one attached hydrogen (secondary N) is 2. The molecule has 3 aromatic rings. The van der Waals surface area contributed by atoms with Gasteiger partial charge in [-0.2, -0.15) is 0 Å². The molecule has 0 aliphatic rings. The molecule has 2 amide bonds. The van der Waals surface area contributed by atoms with E-state index in [9.17, 15) is 4.79 Å². The van der Waals surface area contributed by atoms with Crippen LogP contribution in [-0.2, 0) is 6.42 Å². The molecule has 0 atom stereocenters. The first-order valence-electron chi connectivity index (χ1n) is 7.54. The normalized spacial score (nSPS) is 10.5. The monoisotopic (exact) mass is 343 g/mol. The summed E-state index contributed by atoms with van der Waals surface area (Å²) in [5.41, 5.74) is 2.03. The Morgan fingerprint density at radius 2 is 2.17 bits per heavy atom. The van der Waals surface area contributed by atoms with Crippen molar-refractivity contribution >= 4 is 23.2 Å². The first-order chi connectivity index (χ1) is 11.7. The highest BCUT2D eigenvalue weighted by molar-refractivity contribution is 7.09. The fourth-order valence-corrected chi connectivity index (χ4v) is 2.96. The smallest absolute Gasteiger partial charge is 0.320 e. The average Bonchev–Trinajstić information content (AvgIpc) is 3.22. The number of rotatable bonds is 6. The molecule has 0 spiro atoms. The highest BCUT2D eigenvalue weighted by Gasteiger charge is 2.06. The van der Waals surface area contributed by atoms with Crippen molar-refractivity contribution in [2.75, 3.05) is 11.9 Å². The van der Waals surface area contributed by atoms with Crippen LogP contribution in [0.2, 0.25) is 0 Å². The van der Waals surface area contributed by atoms with Crippen molar-refractivity contribution in [3.05, 3.63) is 46.7 Å². The van der Waals surface area contributed by atoms with E-state index in [1.165, 1.54) is 0 Å². The maximum Gasteiger partial charge on any atom is 0.320 e. The summed E-state index contributed by atoms with van der Waals surface area (Å²) in [6.45, 7) is 2.33. The molecule has 0 radical (unpaired) electrons. The topological polar surface area (TPSA) is 92.9 Å². The molecule has 0 saturated carbocycles. The van der Waals surface area contributed by atoms with Crippen LogP contribution in [0.5, 0.6) is 0 Å². The van der Waals surface area contributed by atoms with Gasteiger partial charge >= 0.3 is 6.03 Å². The molecule has 0 aliphatic carbocycles. The third kappa shape index (κ3) is 4.39. The highest BCUT2D eigenvalue weighted by Crippen LogP contribution is 2.21. The van der Waals surface area contributed by atoms with Crippen LogP contribution < -0.4 is 10.6 Å². The van der Waals surface area contributed by atoms with Gasteiger partial charge in [-0.1, -0.05) is 5.16 Å². The van der Waals surface area contributed by atoms with Crippen molar-refractivity contribution in [1.82, 2.24) is 20.4 Å². The lowest BCUT2D eigenvalue weighted by Gasteiger charge is -2.04. The lowest BCUT2D eigenvalue weighted by Crippen LogP contribution is -2.29. The summed E-state index contributed by atoms with van der Waals surface area (Å²) < 4.78 is 4.88. The number of carbonyl (C=O) groups is 1. The molecule has 0 aromatic carbocycles. The van der Waals surface area contributed by atoms with Crippen LogP contribution in [-0.4, -0.2) is 27.7 Å². The number of aryl methyl sites for hydroxylation is 2. The second-order valence-electron chi connectivity index (χ2n) is 5.17. The molecular weight excluding hydrogens is 326 g/mol. The van der Waals surface area contributed by atoms with E-state index < -0.39 is 0 Å². The summed E-state index contributed by atoms with van der Waals surface area (Å²) in [5.74, 6) is 1.06. The van der Waals surface area contributed by atoms with E-state index in [4.69, 9.17) is 4.52 Å². The Morgan fingerprint density at radius 1 is 1.33 bits per heavy atom. The number of hydrogen-bond acceptors (Lipinski definition) is 6. The lowest BCUT2D eigenvalue weighted by atomic mass is 10.2. The average molecular weight is 343 g/mol. The first-order valence-corrected chi connectivity index (χ1v) is 8.41. The van der Waals surface area contributed by atoms with Gasteiger partial charge in [0.1, 0.15) is 5.76 Å². The molecule has 7 nitrogen and oxygen atoms in total. The van der Waals surface area contributed by atoms with E-state index in [0.717, 1.165) is 29.1 Å². The van der Waals surface area contributed by atoms with Gasteiger partial charge < -0.3 is 9.84 Å². The molecule has 8 heteroatoms. The second-order valence-corrected chi connectivity index (χ2v) is 6.11. The van der Waals surface area contributed by atoms with E-state index in [1.807, 2.05) is 17.5 Å². The predicted octanol–water partition coefficient (Wildman–Crippen LogP) is 3.26. The Bertz CT molecular complexity index is 800. The van der Waals surface area contributed by atoms with Crippen LogP contribution in [0.3, 0.4) is 0 Å². The van der Waals surface area contributed by atoms with E-state index in [2.05, 4.69) is 25.8 Å². The molecular formula is C16H17N5O2S. The maximum absolute atomic E-state index is 11.7. The quantitative estimate of drug-likeness (QED) is 0.670. The summed E-state index contributed by atoms with van der Waals surface area (Å²) in [7, 11) is 0. The van der Waals surface area contributed by atoms with Crippen molar-refractivity contribution in [2.24, 2.45) is 0 Å². The lowest BCUT2D eigenvalue weighted by molar-refractivity contribution is 0.251. The van der Waals surface area contributed by atoms with Crippen LogP contribution in [0.15, 0.2) is 40.5 Å². The summed E-state index contributed by atoms with van der Waals surface area (Å²) in [4.78, 5) is 20.3. The summed E-state index contributed by atoms with van der Waals surface area (Å²) in [5, 5.41) is 12.2. The standard InChI is InChI=1S/C16H17N5O2S/c1-11-9-14(21-23-11)20-16(22)18-6-2-3-15-19-13(10-24-15)12-4-7-17-8-5-12/h4-5,7-10H,2-3,6H2,1H3,(H2,18,20,21,22). The molecule has 3 heterocycles. The zero-order valence-corrected chi connectivity index (χ0v) is 14.0. The minimum Gasteiger partial charge on any atom is -0.360 e. The van der Waals surface area contributed by atoms with Crippen LogP contribution >= 0.6 is 11.3 Å². The fraction of sp³-hybridized carbons (Fsp3) is 0.250. The van der Waals surface area contributed by atoms with Crippen molar-refractivity contribution in [3.8, 4) is 11.3 Å². The zero-order valence-electron chi connectivity index (χ0n) is 13.2. The van der Waals surface area contributed by atoms with E-state index in [1.54, 1.807) is 36.7 Å². The molecule has 3 aromatic heterocycles. The number of thiazole rings is 1. The molecule has 124 valence electrons. The van der Waals surface area contributed by atoms with Gasteiger partial charge in [-0.3, -0.25) is 10.3 Å². The van der Waals surface area contributed by atoms with E-state index >= 15 is 0 Å². The zero-order chi connectivity index (χ0) is 16.8. The number of amides is 2. The summed E-state index contributed by atoms with van der Waals surface area (Å²) in [6.07, 6.45) is 5.15. The SMILES string of the molecule is Cc1cc(NC(=O)NCCCc2nc(-c3ccncc3)cs2)no1. The van der Waals surface area contributed by atoms with Crippen molar-refractivity contribution in [3.63, 3.8) is 0 Å². The van der Waals surface area contributed by atoms with Crippen molar-refractivity contribution in [1.29, 1.82) is 0 Å². The van der Waals surface area contributed by atoms with E-state index in [-0.39, 0.29) is 6.03 Å². The Labute approximate surface area is 143 Å². The first kappa shape index (κ1) is 16.1. The van der Waals surface area contributed by atoms with Crippen LogP contribution in [0.1, 0.15) is 17.2 Å². The second kappa shape index (κ2) is 7.69. The molecule has 3 rings (SSSR count). The van der Waals surface area contributed by atoms with Crippen LogP contribution in [0.4, 0.5) is 10.6 Å². The largest absolute Gasteiger partial charge is 0.360 e. The van der Waals surface area contributed by atoms with Gasteiger partial charge in [-0.05, 0) is 25.5 Å². The maximum atomic E-state index is 11.7. The molecule has 0 unspecified atom stereocenters. The van der Waals surface area contributed by atoms with Gasteiger partial charge in [0.2, 0.25) is 0 Å². The van der Waals surface area contributed by atoms with Gasteiger partial charge in [0, 0.05) is 42.4 Å². The Hall–Kier alpha value is -2.74. The minimum absolute atomic E-state index is 0.292. The molecule has 0 fully saturated rings. The van der Waals surface area contributed by atoms with Crippen LogP contribution in [0, 0.1) is 6.92 Å². The fourth-order valence-electron chi connectivity index (χ4n) is 2.11. The minimum atomic E-state index is -0.292. The van der Waals surface area contributed by atoms with Gasteiger partial charge in [0.05, 0.1) is 10.7 Å². The summed E-state index contributed by atoms with van der Waals surface area (Å²) in [6, 6.07) is 5.25. The summed E-state index contributed by atoms with van der Waals surface area (Å²) >= 11 is 1.63.